The number of benzene rings is 1. The molecule has 0 bridgehead atoms. The largest absolute Gasteiger partial charge is 0.462 e. The van der Waals surface area contributed by atoms with E-state index in [4.69, 9.17) is 4.74 Å². The standard InChI is InChI=1S/C24H30N4O2/c1-4-30-24(29)20-14-26-23-19(10-12-25-23)22(20)27(3)21-16-28(13-11-17(21)2)15-18-8-6-5-7-9-18/h5-10,12,14,17,21H,4,11,13,15-16H2,1-3H3,(H,25,26)/t17-,21+/m1/s1. The Bertz CT molecular complexity index is 1000. The first kappa shape index (κ1) is 20.4. The van der Waals surface area contributed by atoms with Crippen LogP contribution in [0, 0.1) is 5.92 Å². The predicted octanol–water partition coefficient (Wildman–Crippen LogP) is 4.09. The van der Waals surface area contributed by atoms with Crippen LogP contribution in [0.1, 0.15) is 36.2 Å². The number of pyridine rings is 1. The molecule has 1 N–H and O–H groups in total. The van der Waals surface area contributed by atoms with Crippen molar-refractivity contribution in [3.8, 4) is 0 Å². The molecular weight excluding hydrogens is 376 g/mol. The molecule has 1 aromatic carbocycles. The van der Waals surface area contributed by atoms with Crippen molar-refractivity contribution < 1.29 is 9.53 Å². The third-order valence-electron chi connectivity index (χ3n) is 6.16. The van der Waals surface area contributed by atoms with Crippen LogP contribution in [-0.2, 0) is 11.3 Å². The molecule has 6 heteroatoms. The number of aromatic amines is 1. The summed E-state index contributed by atoms with van der Waals surface area (Å²) in [6.45, 7) is 7.45. The summed E-state index contributed by atoms with van der Waals surface area (Å²) in [5.74, 6) is 0.193. The zero-order valence-electron chi connectivity index (χ0n) is 18.0. The smallest absolute Gasteiger partial charge is 0.341 e. The van der Waals surface area contributed by atoms with E-state index in [1.165, 1.54) is 5.56 Å². The minimum absolute atomic E-state index is 0.288. The van der Waals surface area contributed by atoms with Gasteiger partial charge in [0.2, 0.25) is 0 Å². The van der Waals surface area contributed by atoms with Crippen molar-refractivity contribution in [1.82, 2.24) is 14.9 Å². The van der Waals surface area contributed by atoms with E-state index in [0.717, 1.165) is 42.8 Å². The number of carbonyl (C=O) groups excluding carboxylic acids is 1. The molecule has 3 heterocycles. The number of H-pyrrole nitrogens is 1. The third-order valence-corrected chi connectivity index (χ3v) is 6.16. The summed E-state index contributed by atoms with van der Waals surface area (Å²) in [7, 11) is 2.09. The van der Waals surface area contributed by atoms with E-state index in [2.05, 4.69) is 64.1 Å². The second-order valence-electron chi connectivity index (χ2n) is 8.15. The van der Waals surface area contributed by atoms with Crippen molar-refractivity contribution in [3.05, 3.63) is 59.9 Å². The van der Waals surface area contributed by atoms with Gasteiger partial charge in [0.05, 0.1) is 12.3 Å². The lowest BCUT2D eigenvalue weighted by Gasteiger charge is -2.43. The van der Waals surface area contributed by atoms with Gasteiger partial charge in [0.15, 0.2) is 0 Å². The molecule has 2 aromatic heterocycles. The zero-order valence-corrected chi connectivity index (χ0v) is 18.0. The van der Waals surface area contributed by atoms with Crippen LogP contribution in [-0.4, -0.2) is 53.6 Å². The molecule has 3 aromatic rings. The number of likely N-dealkylation sites (tertiary alicyclic amines) is 1. The van der Waals surface area contributed by atoms with Gasteiger partial charge in [-0.3, -0.25) is 4.90 Å². The second-order valence-corrected chi connectivity index (χ2v) is 8.15. The van der Waals surface area contributed by atoms with Gasteiger partial charge in [-0.1, -0.05) is 37.3 Å². The number of nitrogens with one attached hydrogen (secondary N) is 1. The number of hydrogen-bond donors (Lipinski definition) is 1. The molecule has 30 heavy (non-hydrogen) atoms. The van der Waals surface area contributed by atoms with Gasteiger partial charge in [-0.25, -0.2) is 9.78 Å². The first-order chi connectivity index (χ1) is 14.6. The number of esters is 1. The number of fused-ring (bicyclic) bond motifs is 1. The summed E-state index contributed by atoms with van der Waals surface area (Å²) in [5, 5.41) is 0.954. The number of aromatic nitrogens is 2. The van der Waals surface area contributed by atoms with Crippen molar-refractivity contribution in [3.63, 3.8) is 0 Å². The molecule has 6 nitrogen and oxygen atoms in total. The van der Waals surface area contributed by atoms with E-state index in [-0.39, 0.29) is 12.0 Å². The van der Waals surface area contributed by atoms with E-state index in [9.17, 15) is 4.79 Å². The number of rotatable bonds is 6. The summed E-state index contributed by atoms with van der Waals surface area (Å²) in [6.07, 6.45) is 4.63. The van der Waals surface area contributed by atoms with Crippen LogP contribution in [0.5, 0.6) is 0 Å². The van der Waals surface area contributed by atoms with Crippen LogP contribution in [0.2, 0.25) is 0 Å². The van der Waals surface area contributed by atoms with Crippen LogP contribution >= 0.6 is 0 Å². The molecule has 0 saturated carbocycles. The second kappa shape index (κ2) is 8.88. The van der Waals surface area contributed by atoms with Gasteiger partial charge < -0.3 is 14.6 Å². The Morgan fingerprint density at radius 3 is 2.87 bits per heavy atom. The van der Waals surface area contributed by atoms with Gasteiger partial charge >= 0.3 is 5.97 Å². The molecule has 4 rings (SSSR count). The molecule has 1 aliphatic heterocycles. The van der Waals surface area contributed by atoms with Gasteiger partial charge in [0.1, 0.15) is 11.2 Å². The Kier molecular flexibility index (Phi) is 6.04. The van der Waals surface area contributed by atoms with Gasteiger partial charge in [0.25, 0.3) is 0 Å². The molecule has 1 aliphatic rings. The van der Waals surface area contributed by atoms with E-state index in [1.54, 1.807) is 6.20 Å². The third kappa shape index (κ3) is 4.05. The number of ether oxygens (including phenoxy) is 1. The minimum Gasteiger partial charge on any atom is -0.462 e. The fourth-order valence-electron chi connectivity index (χ4n) is 4.50. The summed E-state index contributed by atoms with van der Waals surface area (Å²) < 4.78 is 5.33. The van der Waals surface area contributed by atoms with Crippen LogP contribution in [0.4, 0.5) is 5.69 Å². The van der Waals surface area contributed by atoms with Gasteiger partial charge in [-0.2, -0.15) is 0 Å². The average Bonchev–Trinajstić information content (AvgIpc) is 3.24. The first-order valence-electron chi connectivity index (χ1n) is 10.7. The molecule has 1 saturated heterocycles. The molecule has 0 radical (unpaired) electrons. The van der Waals surface area contributed by atoms with Crippen LogP contribution in [0.15, 0.2) is 48.8 Å². The normalized spacial score (nSPS) is 19.7. The quantitative estimate of drug-likeness (QED) is 0.625. The summed E-state index contributed by atoms with van der Waals surface area (Å²) >= 11 is 0. The average molecular weight is 407 g/mol. The summed E-state index contributed by atoms with van der Waals surface area (Å²) in [5.41, 5.74) is 3.55. The molecular formula is C24H30N4O2. The lowest BCUT2D eigenvalue weighted by molar-refractivity contribution is 0.0526. The van der Waals surface area contributed by atoms with E-state index < -0.39 is 0 Å². The first-order valence-corrected chi connectivity index (χ1v) is 10.7. The van der Waals surface area contributed by atoms with Crippen molar-refractivity contribution in [2.24, 2.45) is 5.92 Å². The molecule has 0 spiro atoms. The van der Waals surface area contributed by atoms with Crippen molar-refractivity contribution in [2.75, 3.05) is 31.6 Å². The molecule has 1 fully saturated rings. The van der Waals surface area contributed by atoms with E-state index >= 15 is 0 Å². The zero-order chi connectivity index (χ0) is 21.1. The topological polar surface area (TPSA) is 61.5 Å². The van der Waals surface area contributed by atoms with Gasteiger partial charge in [-0.05, 0) is 37.4 Å². The Balaban J connectivity index is 1.64. The fraction of sp³-hybridized carbons (Fsp3) is 0.417. The lowest BCUT2D eigenvalue weighted by atomic mass is 9.91. The highest BCUT2D eigenvalue weighted by Gasteiger charge is 2.32. The predicted molar refractivity (Wildman–Crippen MR) is 120 cm³/mol. The molecule has 0 unspecified atom stereocenters. The summed E-state index contributed by atoms with van der Waals surface area (Å²) in [6, 6.07) is 12.9. The Labute approximate surface area is 177 Å². The van der Waals surface area contributed by atoms with Crippen LogP contribution in [0.25, 0.3) is 11.0 Å². The highest BCUT2D eigenvalue weighted by molar-refractivity contribution is 6.04. The fourth-order valence-corrected chi connectivity index (χ4v) is 4.50. The molecule has 0 aliphatic carbocycles. The minimum atomic E-state index is -0.320. The number of anilines is 1. The van der Waals surface area contributed by atoms with Gasteiger partial charge in [-0.15, -0.1) is 0 Å². The highest BCUT2D eigenvalue weighted by atomic mass is 16.5. The number of carbonyl (C=O) groups is 1. The van der Waals surface area contributed by atoms with Crippen LogP contribution in [0.3, 0.4) is 0 Å². The van der Waals surface area contributed by atoms with Crippen molar-refractivity contribution in [1.29, 1.82) is 0 Å². The maximum atomic E-state index is 12.7. The van der Waals surface area contributed by atoms with Crippen LogP contribution < -0.4 is 4.90 Å². The Morgan fingerprint density at radius 1 is 1.30 bits per heavy atom. The number of piperidine rings is 1. The monoisotopic (exact) mass is 406 g/mol. The Morgan fingerprint density at radius 2 is 2.10 bits per heavy atom. The molecule has 0 amide bonds. The maximum absolute atomic E-state index is 12.7. The van der Waals surface area contributed by atoms with Gasteiger partial charge in [0, 0.05) is 44.0 Å². The Hall–Kier alpha value is -2.86. The molecule has 2 atom stereocenters. The summed E-state index contributed by atoms with van der Waals surface area (Å²) in [4.78, 5) is 25.1. The highest BCUT2D eigenvalue weighted by Crippen LogP contribution is 2.34. The number of nitrogens with zero attached hydrogens (tertiary/aromatic N) is 3. The lowest BCUT2D eigenvalue weighted by Crippen LogP contribution is -2.51. The van der Waals surface area contributed by atoms with E-state index in [1.807, 2.05) is 19.2 Å². The molecule has 158 valence electrons. The van der Waals surface area contributed by atoms with E-state index in [0.29, 0.717) is 18.1 Å². The SMILES string of the molecule is CCOC(=O)c1cnc2[nH]ccc2c1N(C)[C@H]1CN(Cc2ccccc2)CC[C@H]1C. The number of hydrogen-bond acceptors (Lipinski definition) is 5. The van der Waals surface area contributed by atoms with Crippen molar-refractivity contribution >= 4 is 22.7 Å². The maximum Gasteiger partial charge on any atom is 0.341 e. The number of likely N-dealkylation sites (N-methyl/N-ethyl adjacent to an activating group) is 1. The van der Waals surface area contributed by atoms with Crippen molar-refractivity contribution in [2.45, 2.75) is 32.9 Å².